The molecule has 1 rings (SSSR count). The largest absolute Gasteiger partial charge is 0.387 e. The van der Waals surface area contributed by atoms with Crippen molar-refractivity contribution < 1.29 is 9.59 Å². The Hall–Kier alpha value is -2.11. The fraction of sp³-hybridized carbons (Fsp3) is 0.462. The van der Waals surface area contributed by atoms with Gasteiger partial charge >= 0.3 is 0 Å². The molecule has 1 heterocycles. The third-order valence-corrected chi connectivity index (χ3v) is 2.81. The van der Waals surface area contributed by atoms with Gasteiger partial charge in [-0.1, -0.05) is 13.8 Å². The Bertz CT molecular complexity index is 486. The van der Waals surface area contributed by atoms with Crippen LogP contribution in [0.4, 0.5) is 5.69 Å². The number of carbonyl (C=O) groups excluding carboxylic acids is 2. The van der Waals surface area contributed by atoms with Crippen LogP contribution >= 0.6 is 0 Å². The fourth-order valence-electron chi connectivity index (χ4n) is 1.73. The molecular formula is C13H20N4O2. The average molecular weight is 264 g/mol. The number of nitrogens with zero attached hydrogens (tertiary/aromatic N) is 1. The molecule has 0 fully saturated rings. The third-order valence-electron chi connectivity index (χ3n) is 2.81. The van der Waals surface area contributed by atoms with E-state index in [2.05, 4.69) is 15.6 Å². The zero-order valence-corrected chi connectivity index (χ0v) is 11.7. The van der Waals surface area contributed by atoms with Crippen LogP contribution in [0, 0.1) is 12.8 Å². The van der Waals surface area contributed by atoms with E-state index < -0.39 is 11.9 Å². The van der Waals surface area contributed by atoms with Gasteiger partial charge in [0.1, 0.15) is 6.04 Å². The average Bonchev–Trinajstić information content (AvgIpc) is 2.34. The van der Waals surface area contributed by atoms with E-state index in [9.17, 15) is 9.59 Å². The minimum absolute atomic E-state index is 0.0714. The summed E-state index contributed by atoms with van der Waals surface area (Å²) < 4.78 is 0. The highest BCUT2D eigenvalue weighted by Gasteiger charge is 2.23. The third kappa shape index (κ3) is 3.67. The van der Waals surface area contributed by atoms with Gasteiger partial charge in [-0.15, -0.1) is 0 Å². The maximum absolute atomic E-state index is 12.2. The molecule has 0 aromatic carbocycles. The van der Waals surface area contributed by atoms with E-state index >= 15 is 0 Å². The molecule has 1 atom stereocenters. The van der Waals surface area contributed by atoms with E-state index in [-0.39, 0.29) is 11.8 Å². The molecule has 0 aliphatic carbocycles. The minimum atomic E-state index is -0.696. The molecule has 0 bridgehead atoms. The van der Waals surface area contributed by atoms with E-state index in [1.54, 1.807) is 13.1 Å². The number of aryl methyl sites for hydroxylation is 1. The first-order valence-electron chi connectivity index (χ1n) is 6.11. The zero-order valence-electron chi connectivity index (χ0n) is 11.7. The van der Waals surface area contributed by atoms with Crippen LogP contribution in [0.1, 0.15) is 29.9 Å². The van der Waals surface area contributed by atoms with Crippen molar-refractivity contribution >= 4 is 17.5 Å². The number of aromatic nitrogens is 1. The minimum Gasteiger partial charge on any atom is -0.387 e. The van der Waals surface area contributed by atoms with Gasteiger partial charge in [-0.25, -0.2) is 0 Å². The molecule has 1 aromatic rings. The van der Waals surface area contributed by atoms with Crippen molar-refractivity contribution in [3.8, 4) is 0 Å². The Balaban J connectivity index is 2.97. The summed E-state index contributed by atoms with van der Waals surface area (Å²) in [4.78, 5) is 27.5. The summed E-state index contributed by atoms with van der Waals surface area (Å²) in [5.74, 6) is -0.985. The summed E-state index contributed by atoms with van der Waals surface area (Å²) in [6.07, 6.45) is 1.48. The van der Waals surface area contributed by atoms with Crippen LogP contribution in [-0.2, 0) is 4.79 Å². The first kappa shape index (κ1) is 14.9. The number of pyridine rings is 1. The van der Waals surface area contributed by atoms with E-state index in [0.717, 1.165) is 5.69 Å². The number of hydrogen-bond donors (Lipinski definition) is 3. The Morgan fingerprint density at radius 2 is 2.00 bits per heavy atom. The van der Waals surface area contributed by atoms with Gasteiger partial charge in [0.15, 0.2) is 0 Å². The van der Waals surface area contributed by atoms with Crippen molar-refractivity contribution in [2.75, 3.05) is 12.4 Å². The summed E-state index contributed by atoms with van der Waals surface area (Å²) in [7, 11) is 1.72. The maximum Gasteiger partial charge on any atom is 0.255 e. The summed E-state index contributed by atoms with van der Waals surface area (Å²) in [5, 5.41) is 5.56. The molecule has 1 unspecified atom stereocenters. The molecule has 104 valence electrons. The van der Waals surface area contributed by atoms with E-state index in [1.807, 2.05) is 20.8 Å². The van der Waals surface area contributed by atoms with Crippen molar-refractivity contribution in [2.45, 2.75) is 26.8 Å². The Labute approximate surface area is 112 Å². The van der Waals surface area contributed by atoms with Crippen LogP contribution in [0.25, 0.3) is 0 Å². The molecular weight excluding hydrogens is 244 g/mol. The predicted molar refractivity (Wildman–Crippen MR) is 73.8 cm³/mol. The molecule has 1 aromatic heterocycles. The standard InChI is InChI=1S/C13H20N4O2/c1-7(2)11(12(14)18)17-13(19)9-6-16-8(3)5-10(9)15-4/h5-7,11H,1-4H3,(H2,14,18)(H,15,16)(H,17,19). The molecule has 19 heavy (non-hydrogen) atoms. The molecule has 6 nitrogen and oxygen atoms in total. The van der Waals surface area contributed by atoms with Gasteiger partial charge in [-0.3, -0.25) is 14.6 Å². The van der Waals surface area contributed by atoms with Gasteiger partial charge in [0.05, 0.1) is 11.3 Å². The second-order valence-electron chi connectivity index (χ2n) is 4.72. The normalized spacial score (nSPS) is 12.1. The zero-order chi connectivity index (χ0) is 14.6. The summed E-state index contributed by atoms with van der Waals surface area (Å²) in [6.45, 7) is 5.48. The Morgan fingerprint density at radius 1 is 1.37 bits per heavy atom. The van der Waals surface area contributed by atoms with E-state index in [0.29, 0.717) is 11.3 Å². The molecule has 0 aliphatic heterocycles. The smallest absolute Gasteiger partial charge is 0.255 e. The number of hydrogen-bond acceptors (Lipinski definition) is 4. The number of primary amides is 1. The number of amides is 2. The van der Waals surface area contributed by atoms with Crippen molar-refractivity contribution in [2.24, 2.45) is 11.7 Å². The highest BCUT2D eigenvalue weighted by molar-refractivity contribution is 6.01. The van der Waals surface area contributed by atoms with Gasteiger partial charge in [0, 0.05) is 18.9 Å². The maximum atomic E-state index is 12.2. The summed E-state index contributed by atoms with van der Waals surface area (Å²) in [6, 6.07) is 1.07. The fourth-order valence-corrected chi connectivity index (χ4v) is 1.73. The molecule has 4 N–H and O–H groups in total. The lowest BCUT2D eigenvalue weighted by Crippen LogP contribution is -2.47. The van der Waals surface area contributed by atoms with Crippen LogP contribution in [0.3, 0.4) is 0 Å². The van der Waals surface area contributed by atoms with Gasteiger partial charge in [0.25, 0.3) is 5.91 Å². The molecule has 0 spiro atoms. The molecule has 0 saturated carbocycles. The van der Waals surface area contributed by atoms with Gasteiger partial charge in [-0.05, 0) is 18.9 Å². The van der Waals surface area contributed by atoms with E-state index in [4.69, 9.17) is 5.73 Å². The van der Waals surface area contributed by atoms with Crippen LogP contribution in [0.2, 0.25) is 0 Å². The second-order valence-corrected chi connectivity index (χ2v) is 4.72. The summed E-state index contributed by atoms with van der Waals surface area (Å²) >= 11 is 0. The van der Waals surface area contributed by atoms with Gasteiger partial charge < -0.3 is 16.4 Å². The van der Waals surface area contributed by atoms with Crippen LogP contribution in [0.15, 0.2) is 12.3 Å². The van der Waals surface area contributed by atoms with Crippen molar-refractivity contribution in [1.82, 2.24) is 10.3 Å². The van der Waals surface area contributed by atoms with Gasteiger partial charge in [0.2, 0.25) is 5.91 Å². The molecule has 0 aliphatic rings. The number of carbonyl (C=O) groups is 2. The number of anilines is 1. The van der Waals surface area contributed by atoms with Crippen LogP contribution < -0.4 is 16.4 Å². The number of nitrogens with two attached hydrogens (primary N) is 1. The SMILES string of the molecule is CNc1cc(C)ncc1C(=O)NC(C(N)=O)C(C)C. The topological polar surface area (TPSA) is 97.1 Å². The van der Waals surface area contributed by atoms with Crippen molar-refractivity contribution in [1.29, 1.82) is 0 Å². The molecule has 0 radical (unpaired) electrons. The number of rotatable bonds is 5. The number of nitrogens with one attached hydrogen (secondary N) is 2. The Morgan fingerprint density at radius 3 is 2.47 bits per heavy atom. The van der Waals surface area contributed by atoms with Gasteiger partial charge in [-0.2, -0.15) is 0 Å². The predicted octanol–water partition coefficient (Wildman–Crippen LogP) is 0.671. The summed E-state index contributed by atoms with van der Waals surface area (Å²) in [5.41, 5.74) is 7.13. The highest BCUT2D eigenvalue weighted by Crippen LogP contribution is 2.15. The molecule has 0 saturated heterocycles. The lowest BCUT2D eigenvalue weighted by molar-refractivity contribution is -0.120. The quantitative estimate of drug-likeness (QED) is 0.728. The molecule has 2 amide bonds. The van der Waals surface area contributed by atoms with Crippen LogP contribution in [-0.4, -0.2) is 29.9 Å². The second kappa shape index (κ2) is 6.17. The first-order chi connectivity index (χ1) is 8.86. The monoisotopic (exact) mass is 264 g/mol. The lowest BCUT2D eigenvalue weighted by atomic mass is 10.0. The van der Waals surface area contributed by atoms with Crippen LogP contribution in [0.5, 0.6) is 0 Å². The first-order valence-corrected chi connectivity index (χ1v) is 6.11. The van der Waals surface area contributed by atoms with Crippen molar-refractivity contribution in [3.05, 3.63) is 23.5 Å². The van der Waals surface area contributed by atoms with Crippen molar-refractivity contribution in [3.63, 3.8) is 0 Å². The molecule has 6 heteroatoms. The Kier molecular flexibility index (Phi) is 4.86. The highest BCUT2D eigenvalue weighted by atomic mass is 16.2. The lowest BCUT2D eigenvalue weighted by Gasteiger charge is -2.19. The van der Waals surface area contributed by atoms with E-state index in [1.165, 1.54) is 6.20 Å².